The van der Waals surface area contributed by atoms with E-state index in [1.807, 2.05) is 4.90 Å². The van der Waals surface area contributed by atoms with E-state index in [2.05, 4.69) is 29.9 Å². The summed E-state index contributed by atoms with van der Waals surface area (Å²) in [5.41, 5.74) is 6.02. The maximum absolute atomic E-state index is 12.3. The average Bonchev–Trinajstić information content (AvgIpc) is 2.89. The highest BCUT2D eigenvalue weighted by atomic mass is 32.2. The van der Waals surface area contributed by atoms with Crippen LogP contribution >= 0.6 is 11.8 Å². The molecule has 2 fully saturated rings. The van der Waals surface area contributed by atoms with Crippen molar-refractivity contribution in [2.75, 3.05) is 51.3 Å². The standard InChI is InChI=1S/C17H34N4OS/c1-14-4-5-15(2)21(14)12-9-19-7-10-20(11-8-19)17(22)16(18)6-13-23-3/h14-16H,4-13,18H2,1-3H3/t14-,15+,16-/m0/s1. The van der Waals surface area contributed by atoms with Crippen molar-refractivity contribution in [3.05, 3.63) is 0 Å². The van der Waals surface area contributed by atoms with E-state index in [0.29, 0.717) is 0 Å². The minimum Gasteiger partial charge on any atom is -0.339 e. The highest BCUT2D eigenvalue weighted by Crippen LogP contribution is 2.22. The summed E-state index contributed by atoms with van der Waals surface area (Å²) >= 11 is 1.75. The Morgan fingerprint density at radius 3 is 2.30 bits per heavy atom. The molecule has 0 aliphatic carbocycles. The van der Waals surface area contributed by atoms with Crippen LogP contribution in [0.5, 0.6) is 0 Å². The number of carbonyl (C=O) groups is 1. The lowest BCUT2D eigenvalue weighted by Gasteiger charge is -2.37. The molecule has 0 bridgehead atoms. The van der Waals surface area contributed by atoms with E-state index in [-0.39, 0.29) is 11.9 Å². The van der Waals surface area contributed by atoms with Crippen LogP contribution in [0, 0.1) is 0 Å². The summed E-state index contributed by atoms with van der Waals surface area (Å²) in [6.45, 7) is 10.6. The van der Waals surface area contributed by atoms with Crippen LogP contribution in [0.3, 0.4) is 0 Å². The first-order valence-electron chi connectivity index (χ1n) is 9.04. The monoisotopic (exact) mass is 342 g/mol. The first-order chi connectivity index (χ1) is 11.0. The zero-order chi connectivity index (χ0) is 16.8. The summed E-state index contributed by atoms with van der Waals surface area (Å²) in [5, 5.41) is 0. The molecule has 0 radical (unpaired) electrons. The summed E-state index contributed by atoms with van der Waals surface area (Å²) in [6, 6.07) is 1.13. The van der Waals surface area contributed by atoms with Crippen LogP contribution in [0.1, 0.15) is 33.1 Å². The largest absolute Gasteiger partial charge is 0.339 e. The van der Waals surface area contributed by atoms with Crippen LogP contribution in [0.25, 0.3) is 0 Å². The number of hydrogen-bond donors (Lipinski definition) is 1. The molecular formula is C17H34N4OS. The third-order valence-electron chi connectivity index (χ3n) is 5.44. The molecule has 2 N–H and O–H groups in total. The summed E-state index contributed by atoms with van der Waals surface area (Å²) in [5.74, 6) is 1.10. The zero-order valence-electron chi connectivity index (χ0n) is 15.0. The number of hydrogen-bond acceptors (Lipinski definition) is 5. The fraction of sp³-hybridized carbons (Fsp3) is 0.941. The molecule has 6 heteroatoms. The van der Waals surface area contributed by atoms with Crippen molar-refractivity contribution in [2.45, 2.75) is 51.2 Å². The Kier molecular flexibility index (Phi) is 7.66. The second kappa shape index (κ2) is 9.25. The van der Waals surface area contributed by atoms with Gasteiger partial charge in [0.25, 0.3) is 0 Å². The van der Waals surface area contributed by atoms with Gasteiger partial charge in [0.1, 0.15) is 0 Å². The Labute approximate surface area is 145 Å². The van der Waals surface area contributed by atoms with E-state index >= 15 is 0 Å². The Bertz CT molecular complexity index is 364. The van der Waals surface area contributed by atoms with Gasteiger partial charge in [-0.25, -0.2) is 0 Å². The van der Waals surface area contributed by atoms with Crippen LogP contribution in [0.4, 0.5) is 0 Å². The third-order valence-corrected chi connectivity index (χ3v) is 6.09. The molecule has 2 aliphatic rings. The topological polar surface area (TPSA) is 52.8 Å². The van der Waals surface area contributed by atoms with Gasteiger partial charge in [0, 0.05) is 51.4 Å². The maximum Gasteiger partial charge on any atom is 0.239 e. The summed E-state index contributed by atoms with van der Waals surface area (Å²) in [4.78, 5) is 19.4. The van der Waals surface area contributed by atoms with E-state index in [1.165, 1.54) is 12.8 Å². The number of rotatable bonds is 7. The predicted octanol–water partition coefficient (Wildman–Crippen LogP) is 1.08. The molecule has 0 unspecified atom stereocenters. The molecule has 2 saturated heterocycles. The lowest BCUT2D eigenvalue weighted by molar-refractivity contribution is -0.134. The van der Waals surface area contributed by atoms with Crippen molar-refractivity contribution < 1.29 is 4.79 Å². The molecule has 0 saturated carbocycles. The third kappa shape index (κ3) is 5.34. The van der Waals surface area contributed by atoms with Crippen molar-refractivity contribution in [2.24, 2.45) is 5.73 Å². The second-order valence-electron chi connectivity index (χ2n) is 7.07. The Morgan fingerprint density at radius 2 is 1.74 bits per heavy atom. The molecule has 2 heterocycles. The first-order valence-corrected chi connectivity index (χ1v) is 10.4. The van der Waals surface area contributed by atoms with Crippen LogP contribution in [-0.2, 0) is 4.79 Å². The summed E-state index contributed by atoms with van der Waals surface area (Å²) in [7, 11) is 0. The Morgan fingerprint density at radius 1 is 1.13 bits per heavy atom. The number of carbonyl (C=O) groups excluding carboxylic acids is 1. The smallest absolute Gasteiger partial charge is 0.239 e. The normalized spacial score (nSPS) is 28.3. The zero-order valence-corrected chi connectivity index (χ0v) is 15.9. The van der Waals surface area contributed by atoms with Gasteiger partial charge >= 0.3 is 0 Å². The molecule has 2 aliphatic heterocycles. The minimum absolute atomic E-state index is 0.139. The van der Waals surface area contributed by atoms with Crippen LogP contribution in [0.2, 0.25) is 0 Å². The van der Waals surface area contributed by atoms with Crippen LogP contribution < -0.4 is 5.73 Å². The predicted molar refractivity (Wildman–Crippen MR) is 98.9 cm³/mol. The fourth-order valence-electron chi connectivity index (χ4n) is 3.74. The molecule has 134 valence electrons. The van der Waals surface area contributed by atoms with Crippen LogP contribution in [-0.4, -0.2) is 90.0 Å². The van der Waals surface area contributed by atoms with E-state index in [1.54, 1.807) is 11.8 Å². The molecule has 2 rings (SSSR count). The quantitative estimate of drug-likeness (QED) is 0.750. The highest BCUT2D eigenvalue weighted by molar-refractivity contribution is 7.98. The van der Waals surface area contributed by atoms with E-state index in [0.717, 1.165) is 63.5 Å². The van der Waals surface area contributed by atoms with Gasteiger partial charge in [0.05, 0.1) is 6.04 Å². The molecule has 0 aromatic heterocycles. The van der Waals surface area contributed by atoms with Gasteiger partial charge in [-0.2, -0.15) is 11.8 Å². The molecule has 3 atom stereocenters. The lowest BCUT2D eigenvalue weighted by Crippen LogP contribution is -2.54. The van der Waals surface area contributed by atoms with Crippen molar-refractivity contribution in [3.63, 3.8) is 0 Å². The maximum atomic E-state index is 12.3. The number of thioether (sulfide) groups is 1. The van der Waals surface area contributed by atoms with Crippen molar-refractivity contribution in [1.29, 1.82) is 0 Å². The Balaban J connectivity index is 1.68. The van der Waals surface area contributed by atoms with Gasteiger partial charge in [-0.05, 0) is 45.1 Å². The molecule has 0 aromatic rings. The molecular weight excluding hydrogens is 308 g/mol. The molecule has 1 amide bonds. The average molecular weight is 343 g/mol. The van der Waals surface area contributed by atoms with Gasteiger partial charge in [0.2, 0.25) is 5.91 Å². The number of piperazine rings is 1. The number of amides is 1. The van der Waals surface area contributed by atoms with Gasteiger partial charge in [-0.15, -0.1) is 0 Å². The van der Waals surface area contributed by atoms with Gasteiger partial charge in [-0.3, -0.25) is 14.6 Å². The van der Waals surface area contributed by atoms with Gasteiger partial charge in [-0.1, -0.05) is 0 Å². The molecule has 0 aromatic carbocycles. The highest BCUT2D eigenvalue weighted by Gasteiger charge is 2.28. The minimum atomic E-state index is -0.319. The van der Waals surface area contributed by atoms with Crippen molar-refractivity contribution >= 4 is 17.7 Å². The van der Waals surface area contributed by atoms with Crippen molar-refractivity contribution in [1.82, 2.24) is 14.7 Å². The number of nitrogens with zero attached hydrogens (tertiary/aromatic N) is 3. The first kappa shape index (κ1) is 19.0. The van der Waals surface area contributed by atoms with Gasteiger partial charge in [0.15, 0.2) is 0 Å². The van der Waals surface area contributed by atoms with E-state index in [4.69, 9.17) is 5.73 Å². The Hall–Kier alpha value is -0.300. The van der Waals surface area contributed by atoms with E-state index in [9.17, 15) is 4.79 Å². The number of nitrogens with two attached hydrogens (primary N) is 1. The molecule has 23 heavy (non-hydrogen) atoms. The SMILES string of the molecule is CSCC[C@H](N)C(=O)N1CCN(CCN2[C@H](C)CC[C@@H]2C)CC1. The molecule has 5 nitrogen and oxygen atoms in total. The molecule has 0 spiro atoms. The second-order valence-corrected chi connectivity index (χ2v) is 8.05. The van der Waals surface area contributed by atoms with Gasteiger partial charge < -0.3 is 10.6 Å². The van der Waals surface area contributed by atoms with Crippen molar-refractivity contribution in [3.8, 4) is 0 Å². The fourth-order valence-corrected chi connectivity index (χ4v) is 4.23. The van der Waals surface area contributed by atoms with E-state index < -0.39 is 0 Å². The lowest BCUT2D eigenvalue weighted by atomic mass is 10.2. The summed E-state index contributed by atoms with van der Waals surface area (Å²) < 4.78 is 0. The number of likely N-dealkylation sites (tertiary alicyclic amines) is 1. The summed E-state index contributed by atoms with van der Waals surface area (Å²) in [6.07, 6.45) is 5.50. The van der Waals surface area contributed by atoms with Crippen LogP contribution in [0.15, 0.2) is 0 Å².